The molecule has 1 heterocycles. The quantitative estimate of drug-likeness (QED) is 0.870. The van der Waals surface area contributed by atoms with E-state index in [0.717, 1.165) is 42.4 Å². The average Bonchev–Trinajstić information content (AvgIpc) is 3.18. The largest absolute Gasteiger partial charge is 0.497 e. The number of methoxy groups -OCH3 is 1. The Morgan fingerprint density at radius 1 is 1.12 bits per heavy atom. The number of benzene rings is 2. The predicted octanol–water partition coefficient (Wildman–Crippen LogP) is 4.32. The Labute approximate surface area is 153 Å². The first-order chi connectivity index (χ1) is 12.7. The number of amides is 2. The molecule has 0 saturated carbocycles. The van der Waals surface area contributed by atoms with Crippen LogP contribution in [0.4, 0.5) is 16.2 Å². The van der Waals surface area contributed by atoms with Crippen molar-refractivity contribution in [2.75, 3.05) is 30.5 Å². The van der Waals surface area contributed by atoms with Crippen molar-refractivity contribution in [2.45, 2.75) is 19.8 Å². The molecule has 3 rings (SSSR count). The number of rotatable bonds is 5. The number of nitrogens with one attached hydrogen (secondary N) is 1. The minimum atomic E-state index is -0.236. The molecule has 2 aromatic rings. The summed E-state index contributed by atoms with van der Waals surface area (Å²) in [5.74, 6) is 2.30. The van der Waals surface area contributed by atoms with Crippen molar-refractivity contribution < 1.29 is 14.3 Å². The molecule has 0 unspecified atom stereocenters. The van der Waals surface area contributed by atoms with Gasteiger partial charge in [0.2, 0.25) is 0 Å². The molecule has 0 saturated heterocycles. The minimum absolute atomic E-state index is 0.236. The van der Waals surface area contributed by atoms with E-state index in [9.17, 15) is 4.79 Å². The van der Waals surface area contributed by atoms with Crippen molar-refractivity contribution in [2.24, 2.45) is 4.99 Å². The zero-order valence-corrected chi connectivity index (χ0v) is 15.1. The van der Waals surface area contributed by atoms with Gasteiger partial charge in [0.25, 0.3) is 0 Å². The summed E-state index contributed by atoms with van der Waals surface area (Å²) in [4.78, 5) is 19.1. The van der Waals surface area contributed by atoms with Gasteiger partial charge in [-0.2, -0.15) is 0 Å². The molecule has 2 amide bonds. The van der Waals surface area contributed by atoms with Crippen molar-refractivity contribution in [3.63, 3.8) is 0 Å². The first-order valence-electron chi connectivity index (χ1n) is 8.72. The molecule has 1 N–H and O–H groups in total. The van der Waals surface area contributed by atoms with Crippen LogP contribution in [0.5, 0.6) is 11.5 Å². The molecule has 26 heavy (non-hydrogen) atoms. The van der Waals surface area contributed by atoms with E-state index >= 15 is 0 Å². The number of hydrogen-bond donors (Lipinski definition) is 1. The number of ether oxygens (including phenoxy) is 2. The second-order valence-corrected chi connectivity index (χ2v) is 5.82. The highest BCUT2D eigenvalue weighted by Gasteiger charge is 2.23. The number of nitrogens with zero attached hydrogens (tertiary/aromatic N) is 2. The first kappa shape index (κ1) is 17.8. The zero-order chi connectivity index (χ0) is 18.4. The van der Waals surface area contributed by atoms with E-state index in [1.807, 2.05) is 55.5 Å². The van der Waals surface area contributed by atoms with E-state index < -0.39 is 0 Å². The minimum Gasteiger partial charge on any atom is -0.497 e. The zero-order valence-electron chi connectivity index (χ0n) is 15.1. The van der Waals surface area contributed by atoms with Gasteiger partial charge in [-0.3, -0.25) is 9.89 Å². The molecule has 0 aliphatic carbocycles. The van der Waals surface area contributed by atoms with Gasteiger partial charge in [0, 0.05) is 18.7 Å². The molecular formula is C20H23N3O3. The molecule has 6 nitrogen and oxygen atoms in total. The van der Waals surface area contributed by atoms with Crippen LogP contribution in [0.25, 0.3) is 0 Å². The van der Waals surface area contributed by atoms with Gasteiger partial charge in [-0.05, 0) is 61.9 Å². The molecule has 1 aliphatic heterocycles. The third-order valence-corrected chi connectivity index (χ3v) is 4.06. The smallest absolute Gasteiger partial charge is 0.331 e. The van der Waals surface area contributed by atoms with Gasteiger partial charge in [-0.1, -0.05) is 0 Å². The van der Waals surface area contributed by atoms with Crippen LogP contribution >= 0.6 is 0 Å². The fourth-order valence-corrected chi connectivity index (χ4v) is 2.80. The van der Waals surface area contributed by atoms with Gasteiger partial charge in [0.1, 0.15) is 17.3 Å². The number of carbonyl (C=O) groups is 1. The Morgan fingerprint density at radius 2 is 1.81 bits per heavy atom. The van der Waals surface area contributed by atoms with Crippen molar-refractivity contribution in [3.8, 4) is 11.5 Å². The highest BCUT2D eigenvalue weighted by molar-refractivity contribution is 6.20. The van der Waals surface area contributed by atoms with Crippen molar-refractivity contribution in [1.29, 1.82) is 0 Å². The van der Waals surface area contributed by atoms with Crippen LogP contribution < -0.4 is 19.7 Å². The van der Waals surface area contributed by atoms with Gasteiger partial charge in [0.05, 0.1) is 19.4 Å². The molecule has 0 bridgehead atoms. The van der Waals surface area contributed by atoms with Crippen LogP contribution in [0.2, 0.25) is 0 Å². The van der Waals surface area contributed by atoms with E-state index in [-0.39, 0.29) is 6.03 Å². The number of amidine groups is 1. The number of hydrogen-bond acceptors (Lipinski definition) is 4. The first-order valence-corrected chi connectivity index (χ1v) is 8.72. The second kappa shape index (κ2) is 8.38. The molecular weight excluding hydrogens is 330 g/mol. The summed E-state index contributed by atoms with van der Waals surface area (Å²) >= 11 is 0. The topological polar surface area (TPSA) is 63.2 Å². The number of urea groups is 1. The van der Waals surface area contributed by atoms with Gasteiger partial charge in [0.15, 0.2) is 0 Å². The Hall–Kier alpha value is -3.02. The highest BCUT2D eigenvalue weighted by Crippen LogP contribution is 2.24. The van der Waals surface area contributed by atoms with Crippen molar-refractivity contribution >= 4 is 23.2 Å². The summed E-state index contributed by atoms with van der Waals surface area (Å²) < 4.78 is 10.6. The van der Waals surface area contributed by atoms with Gasteiger partial charge in [-0.15, -0.1) is 0 Å². The Balaban J connectivity index is 1.81. The van der Waals surface area contributed by atoms with Gasteiger partial charge < -0.3 is 14.8 Å². The number of carbonyl (C=O) groups excluding carboxylic acids is 1. The van der Waals surface area contributed by atoms with Crippen LogP contribution in [0, 0.1) is 0 Å². The highest BCUT2D eigenvalue weighted by atomic mass is 16.5. The van der Waals surface area contributed by atoms with Crippen LogP contribution in [0.3, 0.4) is 0 Å². The maximum Gasteiger partial charge on any atom is 0.331 e. The van der Waals surface area contributed by atoms with E-state index in [0.29, 0.717) is 12.3 Å². The molecule has 0 radical (unpaired) electrons. The van der Waals surface area contributed by atoms with Gasteiger partial charge in [-0.25, -0.2) is 4.79 Å². The lowest BCUT2D eigenvalue weighted by atomic mass is 10.2. The van der Waals surface area contributed by atoms with Crippen LogP contribution in [0.15, 0.2) is 53.5 Å². The molecule has 0 aromatic heterocycles. The fourth-order valence-electron chi connectivity index (χ4n) is 2.80. The summed E-state index contributed by atoms with van der Waals surface area (Å²) in [5.41, 5.74) is 1.46. The van der Waals surface area contributed by atoms with E-state index in [4.69, 9.17) is 9.47 Å². The molecule has 0 spiro atoms. The standard InChI is InChI=1S/C20H23N3O3/c1-3-26-18-12-8-16(9-13-18)23(19-5-4-14-21-19)20(24)22-15-6-10-17(25-2)11-7-15/h6-13H,3-5,14H2,1-2H3,(H,22,24). The predicted molar refractivity (Wildman–Crippen MR) is 104 cm³/mol. The SMILES string of the molecule is CCOc1ccc(N(C(=O)Nc2ccc(OC)cc2)C2=NCCC2)cc1. The van der Waals surface area contributed by atoms with E-state index in [1.165, 1.54) is 0 Å². The molecule has 0 atom stereocenters. The maximum absolute atomic E-state index is 12.9. The van der Waals surface area contributed by atoms with E-state index in [2.05, 4.69) is 10.3 Å². The van der Waals surface area contributed by atoms with Crippen molar-refractivity contribution in [1.82, 2.24) is 0 Å². The van der Waals surface area contributed by atoms with Crippen molar-refractivity contribution in [3.05, 3.63) is 48.5 Å². The molecule has 136 valence electrons. The number of aliphatic imine (C=N–C) groups is 1. The molecule has 0 fully saturated rings. The average molecular weight is 353 g/mol. The lowest BCUT2D eigenvalue weighted by Crippen LogP contribution is -2.39. The fraction of sp³-hybridized carbons (Fsp3) is 0.300. The molecule has 2 aromatic carbocycles. The van der Waals surface area contributed by atoms with Crippen LogP contribution in [0.1, 0.15) is 19.8 Å². The van der Waals surface area contributed by atoms with Crippen LogP contribution in [-0.4, -0.2) is 32.1 Å². The Morgan fingerprint density at radius 3 is 2.38 bits per heavy atom. The summed E-state index contributed by atoms with van der Waals surface area (Å²) in [6.07, 6.45) is 1.74. The van der Waals surface area contributed by atoms with Gasteiger partial charge >= 0.3 is 6.03 Å². The molecule has 1 aliphatic rings. The Bertz CT molecular complexity index is 770. The molecule has 6 heteroatoms. The lowest BCUT2D eigenvalue weighted by molar-refractivity contribution is 0.259. The van der Waals surface area contributed by atoms with E-state index in [1.54, 1.807) is 12.0 Å². The second-order valence-electron chi connectivity index (χ2n) is 5.82. The number of anilines is 2. The summed E-state index contributed by atoms with van der Waals surface area (Å²) in [6, 6.07) is 14.5. The normalized spacial score (nSPS) is 13.1. The summed E-state index contributed by atoms with van der Waals surface area (Å²) in [6.45, 7) is 3.29. The lowest BCUT2D eigenvalue weighted by Gasteiger charge is -2.23. The third-order valence-electron chi connectivity index (χ3n) is 4.06. The Kier molecular flexibility index (Phi) is 5.73. The maximum atomic E-state index is 12.9. The summed E-state index contributed by atoms with van der Waals surface area (Å²) in [5, 5.41) is 2.93. The summed E-state index contributed by atoms with van der Waals surface area (Å²) in [7, 11) is 1.61. The van der Waals surface area contributed by atoms with Crippen LogP contribution in [-0.2, 0) is 0 Å². The monoisotopic (exact) mass is 353 g/mol. The third kappa shape index (κ3) is 4.14.